The van der Waals surface area contributed by atoms with E-state index in [1.807, 2.05) is 12.1 Å². The average Bonchev–Trinajstić information content (AvgIpc) is 2.71. The van der Waals surface area contributed by atoms with Crippen molar-refractivity contribution in [2.45, 2.75) is 45.1 Å². The maximum absolute atomic E-state index is 12.2. The first-order chi connectivity index (χ1) is 13.6. The molecule has 146 valence electrons. The molecule has 28 heavy (non-hydrogen) atoms. The second-order valence-electron chi connectivity index (χ2n) is 6.92. The van der Waals surface area contributed by atoms with Crippen LogP contribution < -0.4 is 5.32 Å². The predicted molar refractivity (Wildman–Crippen MR) is 118 cm³/mol. The number of aryl methyl sites for hydroxylation is 2. The van der Waals surface area contributed by atoms with E-state index in [4.69, 9.17) is 9.97 Å². The summed E-state index contributed by atoms with van der Waals surface area (Å²) in [6.45, 7) is 7.05. The first-order valence-electron chi connectivity index (χ1n) is 9.88. The highest BCUT2D eigenvalue weighted by molar-refractivity contribution is 8.00. The number of thioether (sulfide) groups is 1. The molecule has 4 nitrogen and oxygen atoms in total. The molecule has 0 saturated carbocycles. The number of amides is 1. The van der Waals surface area contributed by atoms with Gasteiger partial charge in [0.1, 0.15) is 5.03 Å². The van der Waals surface area contributed by atoms with E-state index in [-0.39, 0.29) is 5.91 Å². The lowest BCUT2D eigenvalue weighted by atomic mass is 10.1. The highest BCUT2D eigenvalue weighted by atomic mass is 32.2. The third kappa shape index (κ3) is 5.10. The minimum absolute atomic E-state index is 0.0500. The van der Waals surface area contributed by atoms with Crippen LogP contribution in [0.4, 0.5) is 0 Å². The van der Waals surface area contributed by atoms with Crippen molar-refractivity contribution in [3.8, 4) is 11.4 Å². The fourth-order valence-electron chi connectivity index (χ4n) is 2.98. The Morgan fingerprint density at radius 3 is 2.71 bits per heavy atom. The molecule has 1 amide bonds. The van der Waals surface area contributed by atoms with E-state index in [0.29, 0.717) is 11.6 Å². The molecule has 0 aliphatic heterocycles. The number of carbonyl (C=O) groups is 1. The molecule has 0 aliphatic carbocycles. The minimum atomic E-state index is 0.0500. The number of hydrogen-bond donors (Lipinski definition) is 1. The molecule has 1 heterocycles. The van der Waals surface area contributed by atoms with Crippen LogP contribution in [0.3, 0.4) is 0 Å². The van der Waals surface area contributed by atoms with Crippen LogP contribution in [0.25, 0.3) is 22.3 Å². The minimum Gasteiger partial charge on any atom is -0.355 e. The van der Waals surface area contributed by atoms with Crippen molar-refractivity contribution in [3.05, 3.63) is 53.6 Å². The van der Waals surface area contributed by atoms with E-state index in [9.17, 15) is 4.79 Å². The lowest BCUT2D eigenvalue weighted by Gasteiger charge is -2.10. The van der Waals surface area contributed by atoms with E-state index < -0.39 is 0 Å². The van der Waals surface area contributed by atoms with Crippen molar-refractivity contribution < 1.29 is 4.79 Å². The Morgan fingerprint density at radius 1 is 1.11 bits per heavy atom. The van der Waals surface area contributed by atoms with Crippen LogP contribution in [0, 0.1) is 6.92 Å². The molecule has 3 aromatic rings. The summed E-state index contributed by atoms with van der Waals surface area (Å²) in [6.07, 6.45) is 3.03. The van der Waals surface area contributed by atoms with Crippen LogP contribution in [0.1, 0.15) is 37.8 Å². The van der Waals surface area contributed by atoms with Gasteiger partial charge in [-0.2, -0.15) is 0 Å². The maximum Gasteiger partial charge on any atom is 0.230 e. The normalized spacial score (nSPS) is 11.0. The molecule has 5 heteroatoms. The molecule has 0 saturated heterocycles. The van der Waals surface area contributed by atoms with Gasteiger partial charge in [-0.05, 0) is 43.5 Å². The Labute approximate surface area is 171 Å². The zero-order valence-corrected chi connectivity index (χ0v) is 17.6. The van der Waals surface area contributed by atoms with Gasteiger partial charge in [0.15, 0.2) is 5.82 Å². The van der Waals surface area contributed by atoms with Gasteiger partial charge in [-0.15, -0.1) is 0 Å². The molecule has 2 aromatic carbocycles. The number of benzene rings is 2. The topological polar surface area (TPSA) is 54.9 Å². The van der Waals surface area contributed by atoms with Crippen molar-refractivity contribution in [2.24, 2.45) is 0 Å². The number of fused-ring (bicyclic) bond motifs is 1. The fraction of sp³-hybridized carbons (Fsp3) is 0.348. The summed E-state index contributed by atoms with van der Waals surface area (Å²) < 4.78 is 0. The smallest absolute Gasteiger partial charge is 0.230 e. The first kappa shape index (κ1) is 20.3. The van der Waals surface area contributed by atoms with E-state index in [2.05, 4.69) is 56.4 Å². The zero-order valence-electron chi connectivity index (χ0n) is 16.8. The van der Waals surface area contributed by atoms with Crippen LogP contribution in [-0.2, 0) is 11.2 Å². The van der Waals surface area contributed by atoms with Crippen LogP contribution >= 0.6 is 11.8 Å². The van der Waals surface area contributed by atoms with Crippen molar-refractivity contribution in [1.29, 1.82) is 0 Å². The van der Waals surface area contributed by atoms with Gasteiger partial charge in [0.25, 0.3) is 0 Å². The van der Waals surface area contributed by atoms with E-state index >= 15 is 0 Å². The lowest BCUT2D eigenvalue weighted by Crippen LogP contribution is -2.26. The number of nitrogens with one attached hydrogen (secondary N) is 1. The SMILES string of the molecule is CCCCNC(=O)CSc1nc(-c2cccc(C)c2)nc2ccc(CC)cc12. The van der Waals surface area contributed by atoms with E-state index in [1.54, 1.807) is 0 Å². The summed E-state index contributed by atoms with van der Waals surface area (Å²) in [5.41, 5.74) is 4.33. The Hall–Kier alpha value is -2.40. The van der Waals surface area contributed by atoms with Gasteiger partial charge in [0, 0.05) is 17.5 Å². The Balaban J connectivity index is 1.94. The summed E-state index contributed by atoms with van der Waals surface area (Å²) in [6, 6.07) is 14.5. The van der Waals surface area contributed by atoms with Crippen LogP contribution in [-0.4, -0.2) is 28.2 Å². The lowest BCUT2D eigenvalue weighted by molar-refractivity contribution is -0.118. The third-order valence-electron chi connectivity index (χ3n) is 4.60. The molecule has 0 aliphatic rings. The summed E-state index contributed by atoms with van der Waals surface area (Å²) in [7, 11) is 0. The molecule has 0 spiro atoms. The molecule has 0 radical (unpaired) electrons. The molecular weight excluding hydrogens is 366 g/mol. The van der Waals surface area contributed by atoms with Gasteiger partial charge >= 0.3 is 0 Å². The summed E-state index contributed by atoms with van der Waals surface area (Å²) in [5, 5.41) is 4.85. The maximum atomic E-state index is 12.2. The molecule has 0 bridgehead atoms. The van der Waals surface area contributed by atoms with Gasteiger partial charge in [0.2, 0.25) is 5.91 Å². The van der Waals surface area contributed by atoms with Gasteiger partial charge in [-0.25, -0.2) is 9.97 Å². The zero-order chi connectivity index (χ0) is 19.9. The standard InChI is InChI=1S/C23H27N3OS/c1-4-6-12-24-21(27)15-28-23-19-14-17(5-2)10-11-20(19)25-22(26-23)18-9-7-8-16(3)13-18/h7-11,13-14H,4-6,12,15H2,1-3H3,(H,24,27). The highest BCUT2D eigenvalue weighted by Gasteiger charge is 2.12. The Morgan fingerprint density at radius 2 is 1.96 bits per heavy atom. The molecular formula is C23H27N3OS. The van der Waals surface area contributed by atoms with Gasteiger partial charge in [-0.3, -0.25) is 4.79 Å². The summed E-state index contributed by atoms with van der Waals surface area (Å²) in [5.74, 6) is 1.11. The largest absolute Gasteiger partial charge is 0.355 e. The summed E-state index contributed by atoms with van der Waals surface area (Å²) >= 11 is 1.49. The van der Waals surface area contributed by atoms with Gasteiger partial charge in [-0.1, -0.05) is 61.9 Å². The van der Waals surface area contributed by atoms with Crippen LogP contribution in [0.5, 0.6) is 0 Å². The first-order valence-corrected chi connectivity index (χ1v) is 10.9. The van der Waals surface area contributed by atoms with Crippen molar-refractivity contribution in [2.75, 3.05) is 12.3 Å². The molecule has 0 atom stereocenters. The second-order valence-corrected chi connectivity index (χ2v) is 7.88. The highest BCUT2D eigenvalue weighted by Crippen LogP contribution is 2.29. The molecule has 3 rings (SSSR count). The van der Waals surface area contributed by atoms with Crippen molar-refractivity contribution in [3.63, 3.8) is 0 Å². The van der Waals surface area contributed by atoms with Crippen molar-refractivity contribution in [1.82, 2.24) is 15.3 Å². The number of aromatic nitrogens is 2. The molecule has 1 aromatic heterocycles. The van der Waals surface area contributed by atoms with Gasteiger partial charge in [0.05, 0.1) is 11.3 Å². The molecule has 0 fully saturated rings. The average molecular weight is 394 g/mol. The van der Waals surface area contributed by atoms with E-state index in [0.717, 1.165) is 47.3 Å². The van der Waals surface area contributed by atoms with Crippen LogP contribution in [0.2, 0.25) is 0 Å². The number of hydrogen-bond acceptors (Lipinski definition) is 4. The number of carbonyl (C=O) groups excluding carboxylic acids is 1. The quantitative estimate of drug-likeness (QED) is 0.326. The number of rotatable bonds is 8. The predicted octanol–water partition coefficient (Wildman–Crippen LogP) is 5.18. The summed E-state index contributed by atoms with van der Waals surface area (Å²) in [4.78, 5) is 21.8. The number of unbranched alkanes of at least 4 members (excludes halogenated alkanes) is 1. The second kappa shape index (κ2) is 9.69. The monoisotopic (exact) mass is 393 g/mol. The van der Waals surface area contributed by atoms with Crippen LogP contribution in [0.15, 0.2) is 47.5 Å². The third-order valence-corrected chi connectivity index (χ3v) is 5.59. The van der Waals surface area contributed by atoms with Crippen molar-refractivity contribution >= 4 is 28.6 Å². The Bertz CT molecular complexity index is 971. The van der Waals surface area contributed by atoms with Gasteiger partial charge < -0.3 is 5.32 Å². The molecule has 0 unspecified atom stereocenters. The van der Waals surface area contributed by atoms with E-state index in [1.165, 1.54) is 22.9 Å². The number of nitrogens with zero attached hydrogens (tertiary/aromatic N) is 2. The molecule has 1 N–H and O–H groups in total. The Kier molecular flexibility index (Phi) is 7.04. The fourth-order valence-corrected chi connectivity index (χ4v) is 3.82.